The Morgan fingerprint density at radius 2 is 2.00 bits per heavy atom. The maximum atomic E-state index is 4.96. The third-order valence-corrected chi connectivity index (χ3v) is 4.89. The Kier molecular flexibility index (Phi) is 4.69. The van der Waals surface area contributed by atoms with Gasteiger partial charge in [-0.25, -0.2) is 9.97 Å². The molecule has 0 aliphatic carbocycles. The van der Waals surface area contributed by atoms with Crippen LogP contribution in [-0.2, 0) is 19.4 Å². The molecule has 0 bridgehead atoms. The second-order valence-corrected chi connectivity index (χ2v) is 6.93. The van der Waals surface area contributed by atoms with Crippen molar-refractivity contribution in [1.82, 2.24) is 19.5 Å². The molecule has 0 radical (unpaired) electrons. The number of hydrogen-bond acceptors (Lipinski definition) is 4. The molecule has 1 aliphatic rings. The lowest BCUT2D eigenvalue weighted by atomic mass is 10.1. The van der Waals surface area contributed by atoms with Crippen LogP contribution < -0.4 is 5.32 Å². The molecular weight excluding hydrogens is 322 g/mol. The molecule has 3 aromatic heterocycles. The first-order valence-corrected chi connectivity index (χ1v) is 9.49. The number of hydrogen-bond donors (Lipinski definition) is 1. The van der Waals surface area contributed by atoms with E-state index >= 15 is 0 Å². The highest BCUT2D eigenvalue weighted by Gasteiger charge is 2.20. The fourth-order valence-electron chi connectivity index (χ4n) is 3.56. The van der Waals surface area contributed by atoms with Gasteiger partial charge in [0.15, 0.2) is 0 Å². The molecule has 0 fully saturated rings. The summed E-state index contributed by atoms with van der Waals surface area (Å²) in [5, 5.41) is 3.30. The number of nitrogens with one attached hydrogen (secondary N) is 1. The van der Waals surface area contributed by atoms with Gasteiger partial charge < -0.3 is 9.88 Å². The van der Waals surface area contributed by atoms with Crippen LogP contribution in [0.1, 0.15) is 43.4 Å². The number of aryl methyl sites for hydroxylation is 2. The summed E-state index contributed by atoms with van der Waals surface area (Å²) in [6.07, 6.45) is 9.54. The second kappa shape index (κ2) is 7.28. The smallest absolute Gasteiger partial charge is 0.130 e. The summed E-state index contributed by atoms with van der Waals surface area (Å²) < 4.78 is 2.44. The molecule has 0 unspecified atom stereocenters. The number of rotatable bonds is 5. The van der Waals surface area contributed by atoms with E-state index in [1.165, 1.54) is 24.4 Å². The highest BCUT2D eigenvalue weighted by Crippen LogP contribution is 2.29. The largest absolute Gasteiger partial charge is 0.339 e. The Balaban J connectivity index is 1.60. The van der Waals surface area contributed by atoms with Crippen LogP contribution in [0.5, 0.6) is 0 Å². The fourth-order valence-corrected chi connectivity index (χ4v) is 3.56. The lowest BCUT2D eigenvalue weighted by Crippen LogP contribution is -2.13. The van der Waals surface area contributed by atoms with Crippen molar-refractivity contribution in [2.24, 2.45) is 0 Å². The molecular formula is C21H25N5. The maximum absolute atomic E-state index is 4.96. The van der Waals surface area contributed by atoms with Crippen LogP contribution in [0.25, 0.3) is 11.3 Å². The molecule has 1 aliphatic heterocycles. The number of pyridine rings is 2. The number of fused-ring (bicyclic) bond motifs is 1. The van der Waals surface area contributed by atoms with E-state index in [9.17, 15) is 0 Å². The number of anilines is 2. The van der Waals surface area contributed by atoms with Crippen molar-refractivity contribution >= 4 is 11.5 Å². The van der Waals surface area contributed by atoms with E-state index in [0.717, 1.165) is 54.3 Å². The van der Waals surface area contributed by atoms with Gasteiger partial charge in [0.05, 0.1) is 17.6 Å². The van der Waals surface area contributed by atoms with Crippen LogP contribution in [0.2, 0.25) is 0 Å². The van der Waals surface area contributed by atoms with Gasteiger partial charge in [0, 0.05) is 36.1 Å². The Hall–Kier alpha value is -2.69. The first-order chi connectivity index (χ1) is 12.7. The third kappa shape index (κ3) is 3.34. The summed E-state index contributed by atoms with van der Waals surface area (Å²) in [6, 6.07) is 8.14. The van der Waals surface area contributed by atoms with Crippen LogP contribution in [0.4, 0.5) is 11.5 Å². The fraction of sp³-hybridized carbons (Fsp3) is 0.381. The van der Waals surface area contributed by atoms with Crippen LogP contribution in [0, 0.1) is 6.92 Å². The van der Waals surface area contributed by atoms with Gasteiger partial charge in [0.1, 0.15) is 11.6 Å². The standard InChI is InChI=1S/C21H25N5/c1-3-6-18-21(25-20-7-4-5-12-26(18)20)16-9-11-19(23-13-16)24-17-10-8-15(2)22-14-17/h8-11,13-14H,3-7,12H2,1-2H3,(H,23,24). The predicted octanol–water partition coefficient (Wildman–Crippen LogP) is 4.68. The van der Waals surface area contributed by atoms with Crippen LogP contribution in [-0.4, -0.2) is 19.5 Å². The van der Waals surface area contributed by atoms with Gasteiger partial charge in [-0.1, -0.05) is 13.3 Å². The van der Waals surface area contributed by atoms with Gasteiger partial charge in [-0.05, 0) is 50.5 Å². The van der Waals surface area contributed by atoms with Crippen LogP contribution in [0.3, 0.4) is 0 Å². The third-order valence-electron chi connectivity index (χ3n) is 4.89. The molecule has 4 rings (SSSR count). The van der Waals surface area contributed by atoms with Crippen molar-refractivity contribution in [2.75, 3.05) is 5.32 Å². The van der Waals surface area contributed by atoms with Crippen LogP contribution >= 0.6 is 0 Å². The summed E-state index contributed by atoms with van der Waals surface area (Å²) >= 11 is 0. The van der Waals surface area contributed by atoms with Gasteiger partial charge in [-0.15, -0.1) is 0 Å². The quantitative estimate of drug-likeness (QED) is 0.728. The van der Waals surface area contributed by atoms with Gasteiger partial charge in [0.2, 0.25) is 0 Å². The first kappa shape index (κ1) is 16.8. The average molecular weight is 347 g/mol. The molecule has 26 heavy (non-hydrogen) atoms. The summed E-state index contributed by atoms with van der Waals surface area (Å²) in [6.45, 7) is 5.31. The monoisotopic (exact) mass is 347 g/mol. The van der Waals surface area contributed by atoms with E-state index in [0.29, 0.717) is 0 Å². The average Bonchev–Trinajstić information content (AvgIpc) is 3.03. The van der Waals surface area contributed by atoms with Gasteiger partial charge >= 0.3 is 0 Å². The van der Waals surface area contributed by atoms with E-state index in [1.807, 2.05) is 37.5 Å². The molecule has 5 heteroatoms. The Morgan fingerprint density at radius 3 is 2.73 bits per heavy atom. The summed E-state index contributed by atoms with van der Waals surface area (Å²) in [5.41, 5.74) is 5.53. The summed E-state index contributed by atoms with van der Waals surface area (Å²) in [4.78, 5) is 13.9. The molecule has 0 aromatic carbocycles. The van der Waals surface area contributed by atoms with Crippen LogP contribution in [0.15, 0.2) is 36.7 Å². The molecule has 0 spiro atoms. The first-order valence-electron chi connectivity index (χ1n) is 9.49. The zero-order chi connectivity index (χ0) is 17.9. The predicted molar refractivity (Wildman–Crippen MR) is 105 cm³/mol. The van der Waals surface area contributed by atoms with E-state index < -0.39 is 0 Å². The van der Waals surface area contributed by atoms with Crippen molar-refractivity contribution in [3.05, 3.63) is 53.9 Å². The van der Waals surface area contributed by atoms with Crippen molar-refractivity contribution in [3.63, 3.8) is 0 Å². The minimum absolute atomic E-state index is 0.820. The molecule has 1 N–H and O–H groups in total. The van der Waals surface area contributed by atoms with Crippen molar-refractivity contribution < 1.29 is 0 Å². The lowest BCUT2D eigenvalue weighted by Gasteiger charge is -2.16. The number of nitrogens with zero attached hydrogens (tertiary/aromatic N) is 4. The highest BCUT2D eigenvalue weighted by molar-refractivity contribution is 5.64. The molecule has 0 atom stereocenters. The molecule has 4 heterocycles. The van der Waals surface area contributed by atoms with E-state index in [1.54, 1.807) is 0 Å². The molecule has 0 saturated carbocycles. The zero-order valence-corrected chi connectivity index (χ0v) is 15.5. The van der Waals surface area contributed by atoms with Crippen molar-refractivity contribution in [1.29, 1.82) is 0 Å². The number of aromatic nitrogens is 4. The number of imidazole rings is 1. The SMILES string of the molecule is CCCc1c(-c2ccc(Nc3ccc(C)nc3)nc2)nc2n1CCCC2. The molecule has 0 saturated heterocycles. The van der Waals surface area contributed by atoms with Crippen molar-refractivity contribution in [3.8, 4) is 11.3 Å². The van der Waals surface area contributed by atoms with Gasteiger partial charge in [-0.3, -0.25) is 4.98 Å². The maximum Gasteiger partial charge on any atom is 0.130 e. The Labute approximate surface area is 154 Å². The Bertz CT molecular complexity index is 878. The summed E-state index contributed by atoms with van der Waals surface area (Å²) in [5.74, 6) is 2.06. The summed E-state index contributed by atoms with van der Waals surface area (Å²) in [7, 11) is 0. The highest BCUT2D eigenvalue weighted by atomic mass is 15.1. The normalized spacial score (nSPS) is 13.5. The minimum atomic E-state index is 0.820. The molecule has 3 aromatic rings. The van der Waals surface area contributed by atoms with Gasteiger partial charge in [0.25, 0.3) is 0 Å². The molecule has 134 valence electrons. The van der Waals surface area contributed by atoms with Gasteiger partial charge in [-0.2, -0.15) is 0 Å². The minimum Gasteiger partial charge on any atom is -0.339 e. The lowest BCUT2D eigenvalue weighted by molar-refractivity contribution is 0.507. The molecule has 0 amide bonds. The Morgan fingerprint density at radius 1 is 1.08 bits per heavy atom. The van der Waals surface area contributed by atoms with E-state index in [4.69, 9.17) is 4.98 Å². The van der Waals surface area contributed by atoms with Crippen molar-refractivity contribution in [2.45, 2.75) is 52.5 Å². The molecule has 5 nitrogen and oxygen atoms in total. The zero-order valence-electron chi connectivity index (χ0n) is 15.5. The van der Waals surface area contributed by atoms with E-state index in [2.05, 4.69) is 32.8 Å². The van der Waals surface area contributed by atoms with E-state index in [-0.39, 0.29) is 0 Å². The second-order valence-electron chi connectivity index (χ2n) is 6.93. The topological polar surface area (TPSA) is 55.6 Å².